The Balaban J connectivity index is 2.16. The Morgan fingerprint density at radius 2 is 2.00 bits per heavy atom. The predicted molar refractivity (Wildman–Crippen MR) is 87.9 cm³/mol. The average Bonchev–Trinajstić information content (AvgIpc) is 3.36. The minimum Gasteiger partial charge on any atom is -0.496 e. The van der Waals surface area contributed by atoms with Crippen molar-refractivity contribution in [2.75, 3.05) is 7.11 Å². The van der Waals surface area contributed by atoms with Crippen LogP contribution < -0.4 is 4.74 Å². The fourth-order valence-electron chi connectivity index (χ4n) is 2.93. The van der Waals surface area contributed by atoms with Crippen LogP contribution in [0.3, 0.4) is 0 Å². The summed E-state index contributed by atoms with van der Waals surface area (Å²) in [5, 5.41) is 19.7. The smallest absolute Gasteiger partial charge is 0.314 e. The number of ether oxygens (including phenoxy) is 1. The van der Waals surface area contributed by atoms with Gasteiger partial charge in [0.1, 0.15) is 5.75 Å². The van der Waals surface area contributed by atoms with Gasteiger partial charge in [-0.3, -0.25) is 4.79 Å². The van der Waals surface area contributed by atoms with E-state index in [0.717, 1.165) is 16.7 Å². The lowest BCUT2D eigenvalue weighted by atomic mass is 9.90. The van der Waals surface area contributed by atoms with Crippen molar-refractivity contribution >= 4 is 17.6 Å². The second-order valence-corrected chi connectivity index (χ2v) is 6.20. The lowest BCUT2D eigenvalue weighted by molar-refractivity contribution is -0.140. The molecule has 0 saturated heterocycles. The second kappa shape index (κ2) is 5.87. The minimum absolute atomic E-state index is 0.113. The van der Waals surface area contributed by atoms with Gasteiger partial charge in [-0.05, 0) is 53.8 Å². The van der Waals surface area contributed by atoms with E-state index in [1.807, 2.05) is 12.1 Å². The van der Waals surface area contributed by atoms with Crippen molar-refractivity contribution in [1.29, 1.82) is 0 Å². The van der Waals surface area contributed by atoms with Gasteiger partial charge in [0.15, 0.2) is 0 Å². The molecule has 0 heterocycles. The normalized spacial score (nSPS) is 15.3. The summed E-state index contributed by atoms with van der Waals surface area (Å²) in [6.07, 6.45) is 1.20. The van der Waals surface area contributed by atoms with Crippen molar-refractivity contribution in [3.8, 4) is 16.9 Å². The van der Waals surface area contributed by atoms with Gasteiger partial charge in [0.05, 0.1) is 19.1 Å². The Morgan fingerprint density at radius 1 is 1.26 bits per heavy atom. The molecule has 0 atom stereocenters. The Labute approximate surface area is 139 Å². The number of aliphatic hydroxyl groups excluding tert-OH is 1. The minimum atomic E-state index is -0.862. The van der Waals surface area contributed by atoms with E-state index in [1.165, 1.54) is 7.11 Å². The number of benzene rings is 2. The van der Waals surface area contributed by atoms with Crippen LogP contribution in [0.1, 0.15) is 24.0 Å². The molecular weight excluding hydrogens is 316 g/mol. The summed E-state index contributed by atoms with van der Waals surface area (Å²) in [5.41, 5.74) is 2.17. The molecule has 0 radical (unpaired) electrons. The summed E-state index contributed by atoms with van der Waals surface area (Å²) in [7, 11) is 1.54. The Morgan fingerprint density at radius 3 is 2.57 bits per heavy atom. The van der Waals surface area contributed by atoms with Crippen LogP contribution in [-0.4, -0.2) is 23.3 Å². The van der Waals surface area contributed by atoms with E-state index in [9.17, 15) is 15.0 Å². The standard InChI is InChI=1S/C18H17ClO4/c1-23-16-5-3-11(8-15(16)18(6-7-18)17(21)22)14-9-13(19)4-2-12(14)10-20/h2-5,8-9,20H,6-7,10H2,1H3,(H,21,22). The molecule has 1 aliphatic rings. The highest BCUT2D eigenvalue weighted by molar-refractivity contribution is 6.30. The first-order valence-corrected chi connectivity index (χ1v) is 7.71. The summed E-state index contributed by atoms with van der Waals surface area (Å²) >= 11 is 6.07. The van der Waals surface area contributed by atoms with Gasteiger partial charge >= 0.3 is 5.97 Å². The highest BCUT2D eigenvalue weighted by Crippen LogP contribution is 2.52. The van der Waals surface area contributed by atoms with Crippen LogP contribution in [-0.2, 0) is 16.8 Å². The average molecular weight is 333 g/mol. The van der Waals surface area contributed by atoms with E-state index < -0.39 is 11.4 Å². The van der Waals surface area contributed by atoms with Gasteiger partial charge in [0.2, 0.25) is 0 Å². The number of aliphatic carboxylic acids is 1. The lowest BCUT2D eigenvalue weighted by Crippen LogP contribution is -2.20. The molecule has 3 rings (SSSR count). The molecule has 0 bridgehead atoms. The molecule has 4 nitrogen and oxygen atoms in total. The van der Waals surface area contributed by atoms with E-state index in [2.05, 4.69) is 0 Å². The number of carboxylic acid groups (broad SMARTS) is 1. The number of hydrogen-bond acceptors (Lipinski definition) is 3. The summed E-state index contributed by atoms with van der Waals surface area (Å²) < 4.78 is 5.35. The van der Waals surface area contributed by atoms with E-state index in [-0.39, 0.29) is 6.61 Å². The fraction of sp³-hybridized carbons (Fsp3) is 0.278. The summed E-state index contributed by atoms with van der Waals surface area (Å²) in [6.45, 7) is -0.113. The molecule has 2 aromatic carbocycles. The molecule has 1 fully saturated rings. The first-order chi connectivity index (χ1) is 11.0. The summed E-state index contributed by atoms with van der Waals surface area (Å²) in [6, 6.07) is 10.7. The van der Waals surface area contributed by atoms with Crippen LogP contribution in [0, 0.1) is 0 Å². The highest BCUT2D eigenvalue weighted by atomic mass is 35.5. The van der Waals surface area contributed by atoms with Crippen LogP contribution in [0.5, 0.6) is 5.75 Å². The molecular formula is C18H17ClO4. The molecule has 2 aromatic rings. The zero-order valence-corrected chi connectivity index (χ0v) is 13.4. The first-order valence-electron chi connectivity index (χ1n) is 7.33. The topological polar surface area (TPSA) is 66.8 Å². The number of hydrogen-bond donors (Lipinski definition) is 2. The van der Waals surface area contributed by atoms with E-state index in [1.54, 1.807) is 24.3 Å². The highest BCUT2D eigenvalue weighted by Gasteiger charge is 2.53. The monoisotopic (exact) mass is 332 g/mol. The molecule has 0 amide bonds. The molecule has 1 aliphatic carbocycles. The SMILES string of the molecule is COc1ccc(-c2cc(Cl)ccc2CO)cc1C1(C(=O)O)CC1. The molecule has 0 spiro atoms. The third-order valence-electron chi connectivity index (χ3n) is 4.43. The number of halogens is 1. The summed E-state index contributed by atoms with van der Waals surface area (Å²) in [4.78, 5) is 11.7. The van der Waals surface area contributed by atoms with E-state index >= 15 is 0 Å². The zero-order valence-electron chi connectivity index (χ0n) is 12.7. The van der Waals surface area contributed by atoms with E-state index in [4.69, 9.17) is 16.3 Å². The summed E-state index contributed by atoms with van der Waals surface area (Å²) in [5.74, 6) is -0.261. The maximum Gasteiger partial charge on any atom is 0.314 e. The molecule has 120 valence electrons. The number of methoxy groups -OCH3 is 1. The predicted octanol–water partition coefficient (Wildman–Crippen LogP) is 3.62. The van der Waals surface area contributed by atoms with Crippen molar-refractivity contribution < 1.29 is 19.7 Å². The maximum atomic E-state index is 11.7. The largest absolute Gasteiger partial charge is 0.496 e. The van der Waals surface area contributed by atoms with Crippen molar-refractivity contribution in [3.05, 3.63) is 52.5 Å². The van der Waals surface area contributed by atoms with Crippen LogP contribution in [0.25, 0.3) is 11.1 Å². The Hall–Kier alpha value is -2.04. The molecule has 2 N–H and O–H groups in total. The molecule has 0 aromatic heterocycles. The first kappa shape index (κ1) is 15.8. The fourth-order valence-corrected chi connectivity index (χ4v) is 3.10. The molecule has 5 heteroatoms. The molecule has 1 saturated carbocycles. The molecule has 23 heavy (non-hydrogen) atoms. The zero-order chi connectivity index (χ0) is 16.6. The van der Waals surface area contributed by atoms with Gasteiger partial charge in [0.25, 0.3) is 0 Å². The molecule has 0 unspecified atom stereocenters. The van der Waals surface area contributed by atoms with Crippen molar-refractivity contribution in [1.82, 2.24) is 0 Å². The van der Waals surface area contributed by atoms with Gasteiger partial charge in [-0.1, -0.05) is 23.7 Å². The van der Waals surface area contributed by atoms with Crippen LogP contribution in [0.15, 0.2) is 36.4 Å². The number of aliphatic hydroxyl groups is 1. The Bertz CT molecular complexity index is 766. The molecule has 0 aliphatic heterocycles. The van der Waals surface area contributed by atoms with Gasteiger partial charge in [0, 0.05) is 10.6 Å². The number of carboxylic acids is 1. The third kappa shape index (κ3) is 2.69. The third-order valence-corrected chi connectivity index (χ3v) is 4.66. The van der Waals surface area contributed by atoms with Gasteiger partial charge in [-0.2, -0.15) is 0 Å². The number of carbonyl (C=O) groups is 1. The van der Waals surface area contributed by atoms with Gasteiger partial charge in [-0.25, -0.2) is 0 Å². The quantitative estimate of drug-likeness (QED) is 0.877. The van der Waals surface area contributed by atoms with Gasteiger partial charge < -0.3 is 14.9 Å². The van der Waals surface area contributed by atoms with Crippen molar-refractivity contribution in [2.24, 2.45) is 0 Å². The second-order valence-electron chi connectivity index (χ2n) is 5.76. The van der Waals surface area contributed by atoms with Crippen LogP contribution >= 0.6 is 11.6 Å². The van der Waals surface area contributed by atoms with Crippen molar-refractivity contribution in [3.63, 3.8) is 0 Å². The lowest BCUT2D eigenvalue weighted by Gasteiger charge is -2.17. The Kier molecular flexibility index (Phi) is 4.04. The van der Waals surface area contributed by atoms with E-state index in [0.29, 0.717) is 29.2 Å². The van der Waals surface area contributed by atoms with Crippen LogP contribution in [0.4, 0.5) is 0 Å². The van der Waals surface area contributed by atoms with Crippen LogP contribution in [0.2, 0.25) is 5.02 Å². The maximum absolute atomic E-state index is 11.7. The van der Waals surface area contributed by atoms with Gasteiger partial charge in [-0.15, -0.1) is 0 Å². The van der Waals surface area contributed by atoms with Crippen molar-refractivity contribution in [2.45, 2.75) is 24.9 Å². The number of rotatable bonds is 5.